The van der Waals surface area contributed by atoms with E-state index in [4.69, 9.17) is 28.7 Å². The SMILES string of the molecule is C[C@@H](NC(=O)[C@@H]1CCCN1C(=O)[C@@H]1CCCN1C(=O)[C@@H](N)CCCN=C(N)N)C(=O)N[C@@H](Cc1ccccc1)C(=O)N[C@@H](CO)C(=O)N1CCC[C@H]1C(=O)N[C@@H](Cc1ccccc1)C(=O)N[C@@H](CCCN=C(N)N)C(=O)O. The number of carboxylic acid groups (broad SMARTS) is 1. The number of hydrogen-bond acceptors (Lipinski definition) is 13. The number of aliphatic hydroxyl groups is 1. The molecule has 3 saturated heterocycles. The fourth-order valence-corrected chi connectivity index (χ4v) is 9.69. The van der Waals surface area contributed by atoms with E-state index >= 15 is 0 Å². The van der Waals surface area contributed by atoms with Gasteiger partial charge >= 0.3 is 5.97 Å². The van der Waals surface area contributed by atoms with Crippen LogP contribution in [0.25, 0.3) is 0 Å². The first kappa shape index (κ1) is 60.0. The molecular formula is C51H75N15O11. The third-order valence-corrected chi connectivity index (χ3v) is 13.7. The molecule has 17 N–H and O–H groups in total. The van der Waals surface area contributed by atoms with E-state index in [-0.39, 0.29) is 69.6 Å². The zero-order valence-corrected chi connectivity index (χ0v) is 43.4. The summed E-state index contributed by atoms with van der Waals surface area (Å²) in [6, 6.07) is 6.73. The van der Waals surface area contributed by atoms with Crippen molar-refractivity contribution in [1.82, 2.24) is 41.3 Å². The summed E-state index contributed by atoms with van der Waals surface area (Å²) < 4.78 is 0. The van der Waals surface area contributed by atoms with Crippen molar-refractivity contribution < 1.29 is 53.4 Å². The van der Waals surface area contributed by atoms with Gasteiger partial charge in [-0.25, -0.2) is 4.79 Å². The molecule has 0 spiro atoms. The smallest absolute Gasteiger partial charge is 0.326 e. The molecule has 9 atom stereocenters. The normalized spacial score (nSPS) is 19.3. The van der Waals surface area contributed by atoms with Crippen LogP contribution in [-0.2, 0) is 56.0 Å². The number of nitrogens with one attached hydrogen (secondary N) is 5. The van der Waals surface area contributed by atoms with Crippen molar-refractivity contribution in [3.63, 3.8) is 0 Å². The maximum atomic E-state index is 14.2. The Bertz CT molecular complexity index is 2440. The number of nitrogens with two attached hydrogens (primary N) is 5. The average Bonchev–Trinajstić information content (AvgIpc) is 4.24. The summed E-state index contributed by atoms with van der Waals surface area (Å²) in [5, 5.41) is 33.5. The maximum absolute atomic E-state index is 14.2. The maximum Gasteiger partial charge on any atom is 0.326 e. The Kier molecular flexibility index (Phi) is 22.9. The number of guanidine groups is 2. The molecule has 0 aliphatic carbocycles. The summed E-state index contributed by atoms with van der Waals surface area (Å²) in [6.45, 7) is 1.54. The van der Waals surface area contributed by atoms with E-state index in [1.165, 1.54) is 21.6 Å². The summed E-state index contributed by atoms with van der Waals surface area (Å²) in [4.78, 5) is 135. The molecule has 3 heterocycles. The number of aliphatic hydroxyl groups excluding tert-OH is 1. The Morgan fingerprint density at radius 2 is 1.01 bits per heavy atom. The van der Waals surface area contributed by atoms with Crippen LogP contribution in [0.15, 0.2) is 70.6 Å². The van der Waals surface area contributed by atoms with Gasteiger partial charge in [0.15, 0.2) is 11.9 Å². The van der Waals surface area contributed by atoms with E-state index in [0.717, 1.165) is 0 Å². The lowest BCUT2D eigenvalue weighted by molar-refractivity contribution is -0.147. The number of amides is 8. The highest BCUT2D eigenvalue weighted by atomic mass is 16.4. The van der Waals surface area contributed by atoms with Crippen LogP contribution in [0.1, 0.15) is 82.3 Å². The molecule has 0 bridgehead atoms. The molecule has 8 amide bonds. The lowest BCUT2D eigenvalue weighted by atomic mass is 10.0. The standard InChI is InChI=1S/C51H75N15O11/c1-30(59-44(71)38-19-11-25-65(38)48(75)40-21-12-26-66(40)46(73)33(52)17-8-22-57-50(53)54)41(68)61-35(27-31-13-4-2-5-14-31)43(70)63-37(29-67)47(74)64-24-10-20-39(64)45(72)62-36(28-32-15-6-3-7-16-32)42(69)60-34(49(76)77)18-9-23-58-51(55)56/h2-7,13-16,30,33-40,67H,8-12,17-29,52H2,1H3,(H,59,71)(H,60,69)(H,61,68)(H,62,72)(H,63,70)(H,76,77)(H4,53,54,57)(H4,55,56,58)/t30-,33+,34+,35+,36+,37+,38+,39+,40+/m1/s1. The lowest BCUT2D eigenvalue weighted by Gasteiger charge is -2.32. The predicted octanol–water partition coefficient (Wildman–Crippen LogP) is -3.60. The minimum atomic E-state index is -1.59. The number of carbonyl (C=O) groups is 9. The minimum absolute atomic E-state index is 0.0219. The zero-order chi connectivity index (χ0) is 56.2. The molecule has 2 aromatic carbocycles. The Labute approximate surface area is 446 Å². The van der Waals surface area contributed by atoms with E-state index in [1.807, 2.05) is 0 Å². The zero-order valence-electron chi connectivity index (χ0n) is 43.4. The van der Waals surface area contributed by atoms with Crippen molar-refractivity contribution in [3.05, 3.63) is 71.8 Å². The van der Waals surface area contributed by atoms with Crippen LogP contribution < -0.4 is 55.3 Å². The average molecular weight is 1070 g/mol. The fourth-order valence-electron chi connectivity index (χ4n) is 9.69. The van der Waals surface area contributed by atoms with Gasteiger partial charge in [0.2, 0.25) is 47.3 Å². The van der Waals surface area contributed by atoms with Gasteiger partial charge in [-0.05, 0) is 82.3 Å². The van der Waals surface area contributed by atoms with Gasteiger partial charge in [0.25, 0.3) is 0 Å². The third kappa shape index (κ3) is 17.6. The number of carbonyl (C=O) groups excluding carboxylic acids is 8. The molecule has 0 aromatic heterocycles. The first-order valence-electron chi connectivity index (χ1n) is 26.0. The van der Waals surface area contributed by atoms with Gasteiger partial charge in [0, 0.05) is 45.6 Å². The molecule has 5 rings (SSSR count). The molecule has 3 aliphatic rings. The number of rotatable bonds is 27. The molecule has 77 heavy (non-hydrogen) atoms. The summed E-state index contributed by atoms with van der Waals surface area (Å²) in [5.74, 6) is -6.94. The van der Waals surface area contributed by atoms with Crippen LogP contribution in [-0.4, -0.2) is 184 Å². The van der Waals surface area contributed by atoms with E-state index in [0.29, 0.717) is 69.2 Å². The Balaban J connectivity index is 1.23. The second-order valence-electron chi connectivity index (χ2n) is 19.4. The highest BCUT2D eigenvalue weighted by Crippen LogP contribution is 2.26. The van der Waals surface area contributed by atoms with Crippen LogP contribution in [0.2, 0.25) is 0 Å². The Hall–Kier alpha value is -7.87. The number of aliphatic carboxylic acids is 1. The van der Waals surface area contributed by atoms with Crippen LogP contribution in [0.4, 0.5) is 0 Å². The molecule has 0 radical (unpaired) electrons. The predicted molar refractivity (Wildman–Crippen MR) is 282 cm³/mol. The number of aliphatic imine (C=N–C) groups is 2. The van der Waals surface area contributed by atoms with Gasteiger partial charge in [-0.2, -0.15) is 0 Å². The fraction of sp³-hybridized carbons (Fsp3) is 0.549. The second kappa shape index (κ2) is 29.4. The molecule has 0 saturated carbocycles. The van der Waals surface area contributed by atoms with Crippen LogP contribution >= 0.6 is 0 Å². The second-order valence-corrected chi connectivity index (χ2v) is 19.4. The minimum Gasteiger partial charge on any atom is -0.480 e. The number of hydrogen-bond donors (Lipinski definition) is 12. The number of nitrogens with zero attached hydrogens (tertiary/aromatic N) is 5. The molecule has 420 valence electrons. The summed E-state index contributed by atoms with van der Waals surface area (Å²) in [7, 11) is 0. The van der Waals surface area contributed by atoms with Crippen molar-refractivity contribution in [3.8, 4) is 0 Å². The van der Waals surface area contributed by atoms with Crippen molar-refractivity contribution in [2.75, 3.05) is 39.3 Å². The van der Waals surface area contributed by atoms with Crippen molar-refractivity contribution in [2.24, 2.45) is 38.7 Å². The quantitative estimate of drug-likeness (QED) is 0.0234. The van der Waals surface area contributed by atoms with Gasteiger partial charge in [-0.1, -0.05) is 60.7 Å². The molecule has 0 unspecified atom stereocenters. The summed E-state index contributed by atoms with van der Waals surface area (Å²) in [6.07, 6.45) is 3.09. The number of likely N-dealkylation sites (tertiary alicyclic amines) is 3. The molecule has 2 aromatic rings. The molecule has 3 aliphatic heterocycles. The summed E-state index contributed by atoms with van der Waals surface area (Å²) in [5.41, 5.74) is 29.0. The highest BCUT2D eigenvalue weighted by Gasteiger charge is 2.44. The highest BCUT2D eigenvalue weighted by molar-refractivity contribution is 5.98. The molecule has 26 heteroatoms. The van der Waals surface area contributed by atoms with E-state index < -0.39 is 108 Å². The first-order valence-corrected chi connectivity index (χ1v) is 26.0. The third-order valence-electron chi connectivity index (χ3n) is 13.7. The van der Waals surface area contributed by atoms with E-state index in [1.54, 1.807) is 60.7 Å². The molecule has 3 fully saturated rings. The van der Waals surface area contributed by atoms with E-state index in [2.05, 4.69) is 36.6 Å². The number of carboxylic acids is 1. The monoisotopic (exact) mass is 1070 g/mol. The van der Waals surface area contributed by atoms with Gasteiger partial charge in [-0.15, -0.1) is 0 Å². The van der Waals surface area contributed by atoms with Gasteiger partial charge in [0.05, 0.1) is 12.6 Å². The van der Waals surface area contributed by atoms with Crippen molar-refractivity contribution >= 4 is 65.1 Å². The van der Waals surface area contributed by atoms with Crippen LogP contribution in [0.5, 0.6) is 0 Å². The molecule has 26 nitrogen and oxygen atoms in total. The van der Waals surface area contributed by atoms with E-state index in [9.17, 15) is 53.4 Å². The van der Waals surface area contributed by atoms with Crippen LogP contribution in [0, 0.1) is 0 Å². The lowest BCUT2D eigenvalue weighted by Crippen LogP contribution is -2.60. The largest absolute Gasteiger partial charge is 0.480 e. The molecular weight excluding hydrogens is 999 g/mol. The Morgan fingerprint density at radius 3 is 1.53 bits per heavy atom. The first-order chi connectivity index (χ1) is 36.8. The van der Waals surface area contributed by atoms with Crippen molar-refractivity contribution in [2.45, 2.75) is 138 Å². The van der Waals surface area contributed by atoms with Gasteiger partial charge < -0.3 is 80.2 Å². The van der Waals surface area contributed by atoms with Crippen LogP contribution in [0.3, 0.4) is 0 Å². The van der Waals surface area contributed by atoms with Crippen molar-refractivity contribution in [1.29, 1.82) is 0 Å². The Morgan fingerprint density at radius 1 is 0.571 bits per heavy atom. The number of benzene rings is 2. The summed E-state index contributed by atoms with van der Waals surface area (Å²) >= 11 is 0. The van der Waals surface area contributed by atoms with Gasteiger partial charge in [-0.3, -0.25) is 48.3 Å². The van der Waals surface area contributed by atoms with Gasteiger partial charge in [0.1, 0.15) is 48.3 Å². The topological polar surface area (TPSA) is 419 Å².